The summed E-state index contributed by atoms with van der Waals surface area (Å²) in [4.78, 5) is 13.5. The van der Waals surface area contributed by atoms with Gasteiger partial charge in [0.15, 0.2) is 28.5 Å². The largest absolute Gasteiger partial charge is 0.493 e. The molecule has 0 radical (unpaired) electrons. The molecule has 0 aliphatic heterocycles. The van der Waals surface area contributed by atoms with Crippen molar-refractivity contribution in [1.29, 1.82) is 0 Å². The van der Waals surface area contributed by atoms with E-state index in [-0.39, 0.29) is 6.01 Å². The van der Waals surface area contributed by atoms with Crippen molar-refractivity contribution in [2.45, 2.75) is 39.7 Å². The molecule has 0 amide bonds. The molecule has 0 unspecified atom stereocenters. The first-order valence-corrected chi connectivity index (χ1v) is 10.00. The molecule has 0 saturated heterocycles. The number of fused-ring (bicyclic) bond motifs is 1. The Morgan fingerprint density at radius 2 is 1.67 bits per heavy atom. The molecular formula is C21H29N5O4. The van der Waals surface area contributed by atoms with Crippen LogP contribution in [0.15, 0.2) is 12.1 Å². The highest BCUT2D eigenvalue weighted by Gasteiger charge is 2.19. The zero-order valence-electron chi connectivity index (χ0n) is 18.2. The summed E-state index contributed by atoms with van der Waals surface area (Å²) in [5, 5.41) is 0. The van der Waals surface area contributed by atoms with E-state index < -0.39 is 0 Å². The molecule has 0 fully saturated rings. The number of ether oxygens (including phenoxy) is 4. The molecule has 3 aromatic rings. The quantitative estimate of drug-likeness (QED) is 0.538. The minimum atomic E-state index is 0.263. The van der Waals surface area contributed by atoms with E-state index in [0.29, 0.717) is 47.3 Å². The van der Waals surface area contributed by atoms with Gasteiger partial charge in [0, 0.05) is 13.0 Å². The Morgan fingerprint density at radius 1 is 0.967 bits per heavy atom. The third-order valence-electron chi connectivity index (χ3n) is 4.78. The summed E-state index contributed by atoms with van der Waals surface area (Å²) in [6, 6.07) is 4.11. The second-order valence-electron chi connectivity index (χ2n) is 6.74. The van der Waals surface area contributed by atoms with Gasteiger partial charge in [-0.2, -0.15) is 9.97 Å². The lowest BCUT2D eigenvalue weighted by Gasteiger charge is -2.14. The summed E-state index contributed by atoms with van der Waals surface area (Å²) >= 11 is 0. The van der Waals surface area contributed by atoms with Crippen LogP contribution in [0.5, 0.6) is 23.3 Å². The van der Waals surface area contributed by atoms with E-state index in [1.807, 2.05) is 19.1 Å². The van der Waals surface area contributed by atoms with E-state index in [4.69, 9.17) is 29.7 Å². The Bertz CT molecular complexity index is 993. The van der Waals surface area contributed by atoms with Gasteiger partial charge < -0.3 is 29.2 Å². The number of aryl methyl sites for hydroxylation is 1. The molecular weight excluding hydrogens is 386 g/mol. The van der Waals surface area contributed by atoms with Crippen LogP contribution in [0.1, 0.15) is 38.1 Å². The first kappa shape index (κ1) is 21.5. The van der Waals surface area contributed by atoms with Crippen LogP contribution in [0.25, 0.3) is 11.2 Å². The maximum atomic E-state index is 6.16. The maximum Gasteiger partial charge on any atom is 0.320 e. The van der Waals surface area contributed by atoms with Crippen LogP contribution in [0.4, 0.5) is 5.82 Å². The van der Waals surface area contributed by atoms with Crippen molar-refractivity contribution in [2.75, 3.05) is 33.7 Å². The van der Waals surface area contributed by atoms with Crippen molar-refractivity contribution in [1.82, 2.24) is 19.5 Å². The lowest BCUT2D eigenvalue weighted by atomic mass is 10.1. The standard InChI is InChI=1S/C21H29N5O4/c1-6-8-9-26-16(23-17-19(22)24-21(30-7-2)25-20(17)26)12-13-10-14(27-3)18(29-5)15(11-13)28-4/h10-11H,6-9,12H2,1-5H3,(H2,22,24,25). The average molecular weight is 415 g/mol. The molecule has 2 N–H and O–H groups in total. The van der Waals surface area contributed by atoms with Crippen molar-refractivity contribution in [3.05, 3.63) is 23.5 Å². The number of anilines is 1. The number of nitrogen functional groups attached to an aromatic ring is 1. The third-order valence-corrected chi connectivity index (χ3v) is 4.78. The van der Waals surface area contributed by atoms with Gasteiger partial charge in [-0.3, -0.25) is 0 Å². The number of benzene rings is 1. The van der Waals surface area contributed by atoms with E-state index in [1.54, 1.807) is 21.3 Å². The van der Waals surface area contributed by atoms with Crippen LogP contribution >= 0.6 is 0 Å². The fourth-order valence-electron chi connectivity index (χ4n) is 3.35. The van der Waals surface area contributed by atoms with Crippen LogP contribution < -0.4 is 24.7 Å². The number of hydrogen-bond donors (Lipinski definition) is 1. The lowest BCUT2D eigenvalue weighted by Crippen LogP contribution is -2.07. The van der Waals surface area contributed by atoms with Gasteiger partial charge in [0.2, 0.25) is 5.75 Å². The Labute approximate surface area is 176 Å². The summed E-state index contributed by atoms with van der Waals surface area (Å²) in [6.45, 7) is 5.27. The fourth-order valence-corrected chi connectivity index (χ4v) is 3.35. The normalized spacial score (nSPS) is 11.0. The molecule has 0 atom stereocenters. The number of imidazole rings is 1. The van der Waals surface area contributed by atoms with Gasteiger partial charge >= 0.3 is 6.01 Å². The van der Waals surface area contributed by atoms with E-state index in [9.17, 15) is 0 Å². The molecule has 9 heteroatoms. The number of methoxy groups -OCH3 is 3. The van der Waals surface area contributed by atoms with Gasteiger partial charge in [-0.1, -0.05) is 13.3 Å². The summed E-state index contributed by atoms with van der Waals surface area (Å²) < 4.78 is 23.9. The van der Waals surface area contributed by atoms with Crippen molar-refractivity contribution in [3.8, 4) is 23.3 Å². The number of nitrogens with two attached hydrogens (primary N) is 1. The molecule has 162 valence electrons. The Kier molecular flexibility index (Phi) is 6.81. The van der Waals surface area contributed by atoms with Crippen LogP contribution in [0.3, 0.4) is 0 Å². The minimum Gasteiger partial charge on any atom is -0.493 e. The van der Waals surface area contributed by atoms with Gasteiger partial charge in [-0.15, -0.1) is 0 Å². The third kappa shape index (κ3) is 4.19. The summed E-state index contributed by atoms with van der Waals surface area (Å²) in [5.41, 5.74) is 8.39. The van der Waals surface area contributed by atoms with Crippen LogP contribution in [0.2, 0.25) is 0 Å². The molecule has 0 saturated carbocycles. The molecule has 0 aliphatic carbocycles. The molecule has 1 aromatic carbocycles. The van der Waals surface area contributed by atoms with E-state index in [1.165, 1.54) is 0 Å². The summed E-state index contributed by atoms with van der Waals surface area (Å²) in [5.74, 6) is 2.90. The van der Waals surface area contributed by atoms with E-state index in [2.05, 4.69) is 21.5 Å². The van der Waals surface area contributed by atoms with Crippen molar-refractivity contribution < 1.29 is 18.9 Å². The van der Waals surface area contributed by atoms with Crippen molar-refractivity contribution >= 4 is 17.0 Å². The highest BCUT2D eigenvalue weighted by Crippen LogP contribution is 2.38. The number of aromatic nitrogens is 4. The molecule has 0 aliphatic rings. The molecule has 3 rings (SSSR count). The first-order valence-electron chi connectivity index (χ1n) is 10.00. The van der Waals surface area contributed by atoms with Crippen LogP contribution in [0, 0.1) is 0 Å². The van der Waals surface area contributed by atoms with Crippen LogP contribution in [-0.2, 0) is 13.0 Å². The van der Waals surface area contributed by atoms with Crippen molar-refractivity contribution in [2.24, 2.45) is 0 Å². The molecule has 30 heavy (non-hydrogen) atoms. The minimum absolute atomic E-state index is 0.263. The van der Waals surface area contributed by atoms with Gasteiger partial charge in [0.1, 0.15) is 5.82 Å². The van der Waals surface area contributed by atoms with Crippen LogP contribution in [-0.4, -0.2) is 47.5 Å². The average Bonchev–Trinajstić information content (AvgIpc) is 3.09. The van der Waals surface area contributed by atoms with E-state index in [0.717, 1.165) is 30.8 Å². The predicted molar refractivity (Wildman–Crippen MR) is 115 cm³/mol. The Morgan fingerprint density at radius 3 is 2.23 bits per heavy atom. The zero-order chi connectivity index (χ0) is 21.7. The van der Waals surface area contributed by atoms with Gasteiger partial charge in [-0.25, -0.2) is 4.98 Å². The fraction of sp³-hybridized carbons (Fsp3) is 0.476. The summed E-state index contributed by atoms with van der Waals surface area (Å²) in [6.07, 6.45) is 2.57. The smallest absolute Gasteiger partial charge is 0.320 e. The zero-order valence-corrected chi connectivity index (χ0v) is 18.2. The number of unbranched alkanes of at least 4 members (excludes halogenated alkanes) is 1. The second kappa shape index (κ2) is 9.51. The molecule has 0 bridgehead atoms. The molecule has 9 nitrogen and oxygen atoms in total. The predicted octanol–water partition coefficient (Wildman–Crippen LogP) is 3.22. The monoisotopic (exact) mass is 415 g/mol. The topological polar surface area (TPSA) is 107 Å². The molecule has 2 aromatic heterocycles. The molecule has 0 spiro atoms. The maximum absolute atomic E-state index is 6.16. The highest BCUT2D eigenvalue weighted by molar-refractivity contribution is 5.82. The molecule has 2 heterocycles. The lowest BCUT2D eigenvalue weighted by molar-refractivity contribution is 0.314. The van der Waals surface area contributed by atoms with E-state index >= 15 is 0 Å². The van der Waals surface area contributed by atoms with Gasteiger partial charge in [0.25, 0.3) is 0 Å². The SMILES string of the molecule is CCCCn1c(Cc2cc(OC)c(OC)c(OC)c2)nc2c(N)nc(OCC)nc21. The number of nitrogens with zero attached hydrogens (tertiary/aromatic N) is 4. The highest BCUT2D eigenvalue weighted by atomic mass is 16.5. The van der Waals surface area contributed by atoms with Gasteiger partial charge in [0.05, 0.1) is 27.9 Å². The van der Waals surface area contributed by atoms with Gasteiger partial charge in [-0.05, 0) is 31.0 Å². The van der Waals surface area contributed by atoms with Crippen molar-refractivity contribution in [3.63, 3.8) is 0 Å². The number of hydrogen-bond acceptors (Lipinski definition) is 8. The first-order chi connectivity index (χ1) is 14.6. The summed E-state index contributed by atoms with van der Waals surface area (Å²) in [7, 11) is 4.79. The second-order valence-corrected chi connectivity index (χ2v) is 6.74. The number of rotatable bonds is 10. The Hall–Kier alpha value is -3.23. The Balaban J connectivity index is 2.10.